The van der Waals surface area contributed by atoms with Gasteiger partial charge in [-0.15, -0.1) is 5.10 Å². The quantitative estimate of drug-likeness (QED) is 0.770. The summed E-state index contributed by atoms with van der Waals surface area (Å²) in [5, 5.41) is 22.0. The summed E-state index contributed by atoms with van der Waals surface area (Å²) in [6.07, 6.45) is -0.315. The largest absolute Gasteiger partial charge is 0.464 e. The normalized spacial score (nSPS) is 19.9. The van der Waals surface area contributed by atoms with Gasteiger partial charge in [-0.25, -0.2) is 14.3 Å². The Balaban J connectivity index is 2.18. The van der Waals surface area contributed by atoms with Crippen molar-refractivity contribution in [3.63, 3.8) is 0 Å². The molecule has 2 heterocycles. The molecular formula is C16H27N5O5. The number of rotatable bonds is 5. The number of amides is 1. The Hall–Kier alpha value is -2.23. The van der Waals surface area contributed by atoms with Crippen LogP contribution >= 0.6 is 0 Å². The summed E-state index contributed by atoms with van der Waals surface area (Å²) >= 11 is 0. The zero-order valence-corrected chi connectivity index (χ0v) is 15.9. The highest BCUT2D eigenvalue weighted by Gasteiger charge is 2.40. The van der Waals surface area contributed by atoms with E-state index in [2.05, 4.69) is 15.5 Å². The molecule has 0 radical (unpaired) electrons. The van der Waals surface area contributed by atoms with Gasteiger partial charge in [0.05, 0.1) is 12.6 Å². The molecule has 1 aromatic heterocycles. The van der Waals surface area contributed by atoms with Crippen LogP contribution in [0.15, 0.2) is 0 Å². The average Bonchev–Trinajstić information content (AvgIpc) is 3.21. The van der Waals surface area contributed by atoms with Crippen LogP contribution in [0.25, 0.3) is 0 Å². The molecule has 0 saturated carbocycles. The highest BCUT2D eigenvalue weighted by molar-refractivity contribution is 5.73. The predicted molar refractivity (Wildman–Crippen MR) is 90.1 cm³/mol. The van der Waals surface area contributed by atoms with Crippen molar-refractivity contribution < 1.29 is 24.2 Å². The van der Waals surface area contributed by atoms with E-state index in [0.717, 1.165) is 6.42 Å². The lowest BCUT2D eigenvalue weighted by atomic mass is 10.1. The van der Waals surface area contributed by atoms with Crippen LogP contribution in [0.3, 0.4) is 0 Å². The van der Waals surface area contributed by atoms with Gasteiger partial charge < -0.3 is 19.5 Å². The maximum Gasteiger partial charge on any atom is 0.410 e. The third kappa shape index (κ3) is 4.48. The molecule has 2 rings (SSSR count). The summed E-state index contributed by atoms with van der Waals surface area (Å²) in [6.45, 7) is 9.36. The second-order valence-corrected chi connectivity index (χ2v) is 7.24. The van der Waals surface area contributed by atoms with Gasteiger partial charge in [0.2, 0.25) is 0 Å². The molecule has 0 aromatic carbocycles. The molecule has 26 heavy (non-hydrogen) atoms. The number of ether oxygens (including phenoxy) is 2. The van der Waals surface area contributed by atoms with E-state index in [4.69, 9.17) is 9.47 Å². The lowest BCUT2D eigenvalue weighted by molar-refractivity contribution is -0.147. The number of aliphatic hydroxyl groups excluding tert-OH is 1. The van der Waals surface area contributed by atoms with Crippen LogP contribution in [-0.4, -0.2) is 67.1 Å². The number of aliphatic hydroxyl groups is 1. The van der Waals surface area contributed by atoms with Crippen molar-refractivity contribution in [3.8, 4) is 0 Å². The van der Waals surface area contributed by atoms with Crippen molar-refractivity contribution in [1.82, 2.24) is 25.1 Å². The standard InChI is InChI=1S/C16H27N5O5/c1-6-25-14(23)10(2)21-13(17-18-19-21)12(22)11-8-7-9-20(11)15(24)26-16(3,4)5/h10-12,22H,6-9H2,1-5H3/t10?,11-,12?/m1/s1. The van der Waals surface area contributed by atoms with E-state index in [-0.39, 0.29) is 12.4 Å². The Morgan fingerprint density at radius 1 is 1.38 bits per heavy atom. The Morgan fingerprint density at radius 3 is 2.69 bits per heavy atom. The minimum atomic E-state index is -1.14. The number of likely N-dealkylation sites (tertiary alicyclic amines) is 1. The van der Waals surface area contributed by atoms with Crippen molar-refractivity contribution >= 4 is 12.1 Å². The lowest BCUT2D eigenvalue weighted by Crippen LogP contribution is -2.43. The maximum absolute atomic E-state index is 12.4. The molecule has 1 N–H and O–H groups in total. The molecule has 0 spiro atoms. The summed E-state index contributed by atoms with van der Waals surface area (Å²) < 4.78 is 11.6. The molecule has 0 bridgehead atoms. The number of tetrazole rings is 1. The molecule has 1 fully saturated rings. The molecular weight excluding hydrogens is 342 g/mol. The molecule has 10 nitrogen and oxygen atoms in total. The first-order valence-electron chi connectivity index (χ1n) is 8.77. The van der Waals surface area contributed by atoms with Gasteiger partial charge in [-0.1, -0.05) is 0 Å². The number of aromatic nitrogens is 4. The van der Waals surface area contributed by atoms with Gasteiger partial charge in [0.15, 0.2) is 11.9 Å². The Bertz CT molecular complexity index is 641. The molecule has 0 aliphatic carbocycles. The Labute approximate surface area is 152 Å². The average molecular weight is 369 g/mol. The molecule has 10 heteroatoms. The number of esters is 1. The summed E-state index contributed by atoms with van der Waals surface area (Å²) in [4.78, 5) is 25.9. The Morgan fingerprint density at radius 2 is 2.08 bits per heavy atom. The van der Waals surface area contributed by atoms with Crippen molar-refractivity contribution in [2.75, 3.05) is 13.2 Å². The van der Waals surface area contributed by atoms with E-state index in [9.17, 15) is 14.7 Å². The fourth-order valence-corrected chi connectivity index (χ4v) is 2.87. The SMILES string of the molecule is CCOC(=O)C(C)n1nnnc1C(O)[C@H]1CCCN1C(=O)OC(C)(C)C. The van der Waals surface area contributed by atoms with E-state index in [0.29, 0.717) is 13.0 Å². The number of hydrogen-bond acceptors (Lipinski definition) is 8. The third-order valence-electron chi connectivity index (χ3n) is 4.07. The summed E-state index contributed by atoms with van der Waals surface area (Å²) in [5.74, 6) is -0.380. The topological polar surface area (TPSA) is 120 Å². The number of nitrogens with zero attached hydrogens (tertiary/aromatic N) is 5. The van der Waals surface area contributed by atoms with E-state index in [1.165, 1.54) is 9.58 Å². The highest BCUT2D eigenvalue weighted by atomic mass is 16.6. The van der Waals surface area contributed by atoms with Gasteiger partial charge in [-0.05, 0) is 57.9 Å². The van der Waals surface area contributed by atoms with E-state index < -0.39 is 35.9 Å². The van der Waals surface area contributed by atoms with Crippen molar-refractivity contribution in [1.29, 1.82) is 0 Å². The molecule has 1 saturated heterocycles. The number of carbonyl (C=O) groups excluding carboxylic acids is 2. The maximum atomic E-state index is 12.4. The van der Waals surface area contributed by atoms with Crippen LogP contribution < -0.4 is 0 Å². The van der Waals surface area contributed by atoms with Crippen LogP contribution in [0.5, 0.6) is 0 Å². The van der Waals surface area contributed by atoms with Gasteiger partial charge in [0, 0.05) is 6.54 Å². The van der Waals surface area contributed by atoms with Crippen LogP contribution in [0, 0.1) is 0 Å². The predicted octanol–water partition coefficient (Wildman–Crippen LogP) is 1.23. The molecule has 1 amide bonds. The van der Waals surface area contributed by atoms with Crippen molar-refractivity contribution in [2.24, 2.45) is 0 Å². The molecule has 2 unspecified atom stereocenters. The zero-order chi connectivity index (χ0) is 19.5. The zero-order valence-electron chi connectivity index (χ0n) is 15.9. The van der Waals surface area contributed by atoms with Gasteiger partial charge in [-0.3, -0.25) is 0 Å². The monoisotopic (exact) mass is 369 g/mol. The molecule has 146 valence electrons. The minimum Gasteiger partial charge on any atom is -0.464 e. The highest BCUT2D eigenvalue weighted by Crippen LogP contribution is 2.30. The van der Waals surface area contributed by atoms with E-state index in [1.807, 2.05) is 0 Å². The first kappa shape index (κ1) is 20.1. The minimum absolute atomic E-state index is 0.117. The van der Waals surface area contributed by atoms with E-state index >= 15 is 0 Å². The smallest absolute Gasteiger partial charge is 0.410 e. The second-order valence-electron chi connectivity index (χ2n) is 7.24. The molecule has 3 atom stereocenters. The lowest BCUT2D eigenvalue weighted by Gasteiger charge is -2.30. The van der Waals surface area contributed by atoms with Crippen LogP contribution in [0.4, 0.5) is 4.79 Å². The van der Waals surface area contributed by atoms with Crippen LogP contribution in [0.1, 0.15) is 65.4 Å². The van der Waals surface area contributed by atoms with E-state index in [1.54, 1.807) is 34.6 Å². The van der Waals surface area contributed by atoms with Gasteiger partial charge >= 0.3 is 12.1 Å². The summed E-state index contributed by atoms with van der Waals surface area (Å²) in [5.41, 5.74) is -0.630. The Kier molecular flexibility index (Phi) is 6.17. The van der Waals surface area contributed by atoms with Crippen LogP contribution in [-0.2, 0) is 14.3 Å². The molecule has 1 aromatic rings. The number of carbonyl (C=O) groups is 2. The van der Waals surface area contributed by atoms with Gasteiger partial charge in [-0.2, -0.15) is 0 Å². The molecule has 1 aliphatic heterocycles. The van der Waals surface area contributed by atoms with Crippen molar-refractivity contribution in [2.45, 2.75) is 71.2 Å². The first-order chi connectivity index (χ1) is 12.2. The second kappa shape index (κ2) is 7.98. The van der Waals surface area contributed by atoms with Gasteiger partial charge in [0.25, 0.3) is 0 Å². The fourth-order valence-electron chi connectivity index (χ4n) is 2.87. The number of hydrogen-bond donors (Lipinski definition) is 1. The fraction of sp³-hybridized carbons (Fsp3) is 0.812. The third-order valence-corrected chi connectivity index (χ3v) is 4.07. The van der Waals surface area contributed by atoms with Crippen molar-refractivity contribution in [3.05, 3.63) is 5.82 Å². The summed E-state index contributed by atoms with van der Waals surface area (Å²) in [6, 6.07) is -1.31. The molecule has 1 aliphatic rings. The summed E-state index contributed by atoms with van der Waals surface area (Å²) in [7, 11) is 0. The van der Waals surface area contributed by atoms with Gasteiger partial charge in [0.1, 0.15) is 11.7 Å². The van der Waals surface area contributed by atoms with Crippen LogP contribution in [0.2, 0.25) is 0 Å². The first-order valence-corrected chi connectivity index (χ1v) is 8.77.